The molecule has 0 aromatic heterocycles. The minimum absolute atomic E-state index is 0.324. The Kier molecular flexibility index (Phi) is 6.56. The molecule has 100 valence electrons. The lowest BCUT2D eigenvalue weighted by atomic mass is 10.2. The largest absolute Gasteiger partial charge is 0.461 e. The van der Waals surface area contributed by atoms with E-state index in [-0.39, 0.29) is 5.82 Å². The third-order valence-corrected chi connectivity index (χ3v) is 3.52. The predicted molar refractivity (Wildman–Crippen MR) is 77.2 cm³/mol. The summed E-state index contributed by atoms with van der Waals surface area (Å²) in [5, 5.41) is 0. The minimum Gasteiger partial charge on any atom is -0.461 e. The van der Waals surface area contributed by atoms with Crippen LogP contribution in [0, 0.1) is 9.39 Å². The quantitative estimate of drug-likeness (QED) is 0.574. The van der Waals surface area contributed by atoms with Gasteiger partial charge in [0.25, 0.3) is 0 Å². The number of rotatable bonds is 6. The lowest BCUT2D eigenvalue weighted by Gasteiger charge is -2.17. The van der Waals surface area contributed by atoms with Crippen molar-refractivity contribution in [2.75, 3.05) is 26.2 Å². The summed E-state index contributed by atoms with van der Waals surface area (Å²) in [6.07, 6.45) is 0. The van der Waals surface area contributed by atoms with E-state index in [0.29, 0.717) is 15.7 Å². The van der Waals surface area contributed by atoms with E-state index < -0.39 is 5.97 Å². The molecule has 0 spiro atoms. The van der Waals surface area contributed by atoms with E-state index >= 15 is 0 Å². The molecule has 0 saturated heterocycles. The SMILES string of the molecule is CCN(CC)CCOC(=O)c1ccc(F)c(I)c1. The van der Waals surface area contributed by atoms with Gasteiger partial charge in [0, 0.05) is 10.1 Å². The number of carbonyl (C=O) groups excluding carboxylic acids is 1. The summed E-state index contributed by atoms with van der Waals surface area (Å²) in [6.45, 7) is 7.07. The average molecular weight is 365 g/mol. The van der Waals surface area contributed by atoms with Gasteiger partial charge in [0.05, 0.1) is 5.56 Å². The Morgan fingerprint density at radius 3 is 2.61 bits per heavy atom. The highest BCUT2D eigenvalue weighted by Gasteiger charge is 2.10. The van der Waals surface area contributed by atoms with Gasteiger partial charge in [-0.2, -0.15) is 0 Å². The van der Waals surface area contributed by atoms with Crippen LogP contribution in [0.2, 0.25) is 0 Å². The third-order valence-electron chi connectivity index (χ3n) is 2.69. The fourth-order valence-electron chi connectivity index (χ4n) is 1.51. The normalized spacial score (nSPS) is 10.7. The molecule has 0 amide bonds. The zero-order chi connectivity index (χ0) is 13.5. The van der Waals surface area contributed by atoms with E-state index in [2.05, 4.69) is 18.7 Å². The van der Waals surface area contributed by atoms with Crippen LogP contribution in [-0.4, -0.2) is 37.1 Å². The first-order valence-corrected chi connectivity index (χ1v) is 7.00. The molecule has 1 rings (SSSR count). The van der Waals surface area contributed by atoms with Crippen LogP contribution in [0.15, 0.2) is 18.2 Å². The van der Waals surface area contributed by atoms with Crippen LogP contribution in [0.4, 0.5) is 4.39 Å². The molecule has 0 heterocycles. The third kappa shape index (κ3) is 4.53. The van der Waals surface area contributed by atoms with Crippen molar-refractivity contribution in [3.8, 4) is 0 Å². The van der Waals surface area contributed by atoms with Crippen molar-refractivity contribution in [2.45, 2.75) is 13.8 Å². The van der Waals surface area contributed by atoms with Crippen LogP contribution < -0.4 is 0 Å². The Morgan fingerprint density at radius 1 is 1.39 bits per heavy atom. The molecule has 0 N–H and O–H groups in total. The van der Waals surface area contributed by atoms with Crippen molar-refractivity contribution in [1.29, 1.82) is 0 Å². The first kappa shape index (κ1) is 15.4. The number of ether oxygens (including phenoxy) is 1. The van der Waals surface area contributed by atoms with Gasteiger partial charge < -0.3 is 9.64 Å². The van der Waals surface area contributed by atoms with Gasteiger partial charge in [0.2, 0.25) is 0 Å². The molecule has 1 aromatic carbocycles. The fraction of sp³-hybridized carbons (Fsp3) is 0.462. The standard InChI is InChI=1S/C13H17FINO2/c1-3-16(4-2)7-8-18-13(17)10-5-6-11(14)12(15)9-10/h5-6,9H,3-4,7-8H2,1-2H3. The Labute approximate surface area is 120 Å². The summed E-state index contributed by atoms with van der Waals surface area (Å²) < 4.78 is 18.6. The molecule has 0 atom stereocenters. The van der Waals surface area contributed by atoms with Gasteiger partial charge in [-0.15, -0.1) is 0 Å². The highest BCUT2D eigenvalue weighted by Crippen LogP contribution is 2.13. The number of nitrogens with zero attached hydrogens (tertiary/aromatic N) is 1. The second kappa shape index (κ2) is 7.68. The van der Waals surface area contributed by atoms with E-state index in [1.165, 1.54) is 18.2 Å². The molecule has 18 heavy (non-hydrogen) atoms. The Bertz CT molecular complexity index is 408. The Balaban J connectivity index is 2.48. The number of hydrogen-bond acceptors (Lipinski definition) is 3. The second-order valence-corrected chi connectivity index (χ2v) is 4.95. The molecule has 3 nitrogen and oxygen atoms in total. The van der Waals surface area contributed by atoms with Crippen LogP contribution in [0.5, 0.6) is 0 Å². The molecular weight excluding hydrogens is 348 g/mol. The molecule has 0 bridgehead atoms. The zero-order valence-corrected chi connectivity index (χ0v) is 12.7. The van der Waals surface area contributed by atoms with Crippen molar-refractivity contribution in [2.24, 2.45) is 0 Å². The van der Waals surface area contributed by atoms with Crippen LogP contribution >= 0.6 is 22.6 Å². The topological polar surface area (TPSA) is 29.5 Å². The molecule has 0 aliphatic carbocycles. The Hall–Kier alpha value is -0.690. The van der Waals surface area contributed by atoms with Gasteiger partial charge in [-0.1, -0.05) is 13.8 Å². The van der Waals surface area contributed by atoms with Crippen molar-refractivity contribution in [1.82, 2.24) is 4.90 Å². The number of esters is 1. The number of likely N-dealkylation sites (N-methyl/N-ethyl adjacent to an activating group) is 1. The smallest absolute Gasteiger partial charge is 0.338 e. The summed E-state index contributed by atoms with van der Waals surface area (Å²) in [5.74, 6) is -0.727. The van der Waals surface area contributed by atoms with Gasteiger partial charge in [0.15, 0.2) is 0 Å². The van der Waals surface area contributed by atoms with Crippen molar-refractivity contribution >= 4 is 28.6 Å². The van der Waals surface area contributed by atoms with Crippen LogP contribution in [-0.2, 0) is 4.74 Å². The summed E-state index contributed by atoms with van der Waals surface area (Å²) in [5.41, 5.74) is 0.389. The number of halogens is 2. The highest BCUT2D eigenvalue weighted by molar-refractivity contribution is 14.1. The molecule has 0 aliphatic heterocycles. The monoisotopic (exact) mass is 365 g/mol. The van der Waals surface area contributed by atoms with Crippen LogP contribution in [0.1, 0.15) is 24.2 Å². The molecule has 0 unspecified atom stereocenters. The number of benzene rings is 1. The van der Waals surface area contributed by atoms with E-state index in [1.54, 1.807) is 0 Å². The second-order valence-electron chi connectivity index (χ2n) is 3.79. The summed E-state index contributed by atoms with van der Waals surface area (Å²) >= 11 is 1.85. The highest BCUT2D eigenvalue weighted by atomic mass is 127. The molecule has 0 radical (unpaired) electrons. The van der Waals surface area contributed by atoms with Crippen molar-refractivity contribution < 1.29 is 13.9 Å². The lowest BCUT2D eigenvalue weighted by molar-refractivity contribution is 0.0466. The van der Waals surface area contributed by atoms with E-state index in [0.717, 1.165) is 19.6 Å². The molecule has 0 aliphatic rings. The number of carbonyl (C=O) groups is 1. The maximum atomic E-state index is 13.0. The maximum Gasteiger partial charge on any atom is 0.338 e. The van der Waals surface area contributed by atoms with Crippen LogP contribution in [0.3, 0.4) is 0 Å². The number of hydrogen-bond donors (Lipinski definition) is 0. The molecule has 5 heteroatoms. The van der Waals surface area contributed by atoms with Crippen molar-refractivity contribution in [3.63, 3.8) is 0 Å². The molecule has 1 aromatic rings. The van der Waals surface area contributed by atoms with Gasteiger partial charge >= 0.3 is 5.97 Å². The Morgan fingerprint density at radius 2 is 2.06 bits per heavy atom. The average Bonchev–Trinajstić information content (AvgIpc) is 2.37. The molecular formula is C13H17FINO2. The molecule has 0 fully saturated rings. The summed E-state index contributed by atoms with van der Waals surface area (Å²) in [6, 6.07) is 4.22. The van der Waals surface area contributed by atoms with Crippen LogP contribution in [0.25, 0.3) is 0 Å². The first-order chi connectivity index (χ1) is 8.58. The van der Waals surface area contributed by atoms with Gasteiger partial charge in [-0.05, 0) is 53.9 Å². The van der Waals surface area contributed by atoms with Gasteiger partial charge in [-0.25, -0.2) is 9.18 Å². The van der Waals surface area contributed by atoms with E-state index in [4.69, 9.17) is 4.74 Å². The van der Waals surface area contributed by atoms with E-state index in [1.807, 2.05) is 22.6 Å². The predicted octanol–water partition coefficient (Wildman–Crippen LogP) is 2.93. The fourth-order valence-corrected chi connectivity index (χ4v) is 2.03. The van der Waals surface area contributed by atoms with E-state index in [9.17, 15) is 9.18 Å². The molecule has 0 saturated carbocycles. The van der Waals surface area contributed by atoms with Gasteiger partial charge in [-0.3, -0.25) is 0 Å². The van der Waals surface area contributed by atoms with Gasteiger partial charge in [0.1, 0.15) is 12.4 Å². The summed E-state index contributed by atoms with van der Waals surface area (Å²) in [7, 11) is 0. The maximum absolute atomic E-state index is 13.0. The van der Waals surface area contributed by atoms with Crippen molar-refractivity contribution in [3.05, 3.63) is 33.1 Å². The zero-order valence-electron chi connectivity index (χ0n) is 10.6. The minimum atomic E-state index is -0.403. The lowest BCUT2D eigenvalue weighted by Crippen LogP contribution is -2.27. The summed E-state index contributed by atoms with van der Waals surface area (Å²) in [4.78, 5) is 13.9. The first-order valence-electron chi connectivity index (χ1n) is 5.93.